The van der Waals surface area contributed by atoms with E-state index in [1.807, 2.05) is 0 Å². The molecule has 0 heterocycles. The largest absolute Gasteiger partial charge is 0.117 e. The molecule has 0 N–H and O–H groups in total. The van der Waals surface area contributed by atoms with Gasteiger partial charge in [0.1, 0.15) is 7.28 Å². The van der Waals surface area contributed by atoms with Crippen LogP contribution in [0.4, 0.5) is 0 Å². The van der Waals surface area contributed by atoms with Crippen LogP contribution in [0.5, 0.6) is 0 Å². The van der Waals surface area contributed by atoms with Crippen LogP contribution in [-0.4, -0.2) is 7.28 Å². The third-order valence-corrected chi connectivity index (χ3v) is 9.06. The highest BCUT2D eigenvalue weighted by Crippen LogP contribution is 2.39. The zero-order chi connectivity index (χ0) is 20.7. The molecule has 30 heavy (non-hydrogen) atoms. The van der Waals surface area contributed by atoms with E-state index in [0.717, 1.165) is 23.5 Å². The van der Waals surface area contributed by atoms with Gasteiger partial charge in [0.05, 0.1) is 0 Å². The lowest BCUT2D eigenvalue weighted by Crippen LogP contribution is -2.20. The lowest BCUT2D eigenvalue weighted by atomic mass is 9.49. The van der Waals surface area contributed by atoms with Crippen LogP contribution in [0.3, 0.4) is 0 Å². The SMILES string of the molecule is [B](C1CCCCCCCCCC1)C1CCCC(C2CCCCCCCCC2)CCC1. The van der Waals surface area contributed by atoms with Crippen LogP contribution in [0.1, 0.15) is 161 Å². The molecule has 0 aromatic heterocycles. The molecule has 3 saturated carbocycles. The van der Waals surface area contributed by atoms with Gasteiger partial charge in [-0.3, -0.25) is 0 Å². The first-order chi connectivity index (χ1) is 14.9. The smallest absolute Gasteiger partial charge is 0.0686 e. The van der Waals surface area contributed by atoms with E-state index in [1.165, 1.54) is 135 Å². The second-order valence-corrected chi connectivity index (χ2v) is 11.6. The molecule has 1 radical (unpaired) electrons. The van der Waals surface area contributed by atoms with E-state index >= 15 is 0 Å². The number of hydrogen-bond acceptors (Lipinski definition) is 0. The molecule has 0 aliphatic heterocycles. The highest BCUT2D eigenvalue weighted by atomic mass is 14.3. The Hall–Kier alpha value is 0.0649. The van der Waals surface area contributed by atoms with Crippen LogP contribution >= 0.6 is 0 Å². The van der Waals surface area contributed by atoms with Crippen molar-refractivity contribution < 1.29 is 0 Å². The molecule has 0 atom stereocenters. The summed E-state index contributed by atoms with van der Waals surface area (Å²) in [6.07, 6.45) is 37.9. The molecule has 3 aliphatic rings. The summed E-state index contributed by atoms with van der Waals surface area (Å²) in [6, 6.07) is 0. The van der Waals surface area contributed by atoms with Gasteiger partial charge in [-0.1, -0.05) is 172 Å². The van der Waals surface area contributed by atoms with E-state index in [2.05, 4.69) is 7.28 Å². The van der Waals surface area contributed by atoms with Gasteiger partial charge >= 0.3 is 0 Å². The second kappa shape index (κ2) is 15.8. The minimum atomic E-state index is 0.946. The van der Waals surface area contributed by atoms with Crippen LogP contribution in [0.25, 0.3) is 0 Å². The van der Waals surface area contributed by atoms with Crippen molar-refractivity contribution in [2.75, 3.05) is 0 Å². The standard InChI is InChI=1S/C29H54B/c1-2-7-11-15-23-28(22-14-10-6-1)30-29-24-16-20-27(21-17-25-29)26-18-12-8-4-3-5-9-13-19-26/h26-29H,1-25H2. The fourth-order valence-electron chi connectivity index (χ4n) is 7.15. The van der Waals surface area contributed by atoms with E-state index in [4.69, 9.17) is 0 Å². The average molecular weight is 414 g/mol. The fourth-order valence-corrected chi connectivity index (χ4v) is 7.15. The molecule has 0 unspecified atom stereocenters. The maximum atomic E-state index is 2.89. The van der Waals surface area contributed by atoms with Crippen molar-refractivity contribution in [2.45, 2.75) is 172 Å². The van der Waals surface area contributed by atoms with Gasteiger partial charge in [0.15, 0.2) is 0 Å². The summed E-state index contributed by atoms with van der Waals surface area (Å²) in [6.45, 7) is 0. The monoisotopic (exact) mass is 413 g/mol. The van der Waals surface area contributed by atoms with Crippen molar-refractivity contribution in [3.05, 3.63) is 0 Å². The predicted molar refractivity (Wildman–Crippen MR) is 136 cm³/mol. The number of rotatable bonds is 3. The summed E-state index contributed by atoms with van der Waals surface area (Å²) in [5.74, 6) is 4.04. The molecule has 3 rings (SSSR count). The van der Waals surface area contributed by atoms with Gasteiger partial charge in [-0.05, 0) is 11.8 Å². The fraction of sp³-hybridized carbons (Fsp3) is 1.00. The Morgan fingerprint density at radius 3 is 0.933 bits per heavy atom. The Morgan fingerprint density at radius 2 is 0.533 bits per heavy atom. The minimum Gasteiger partial charge on any atom is -0.0686 e. The first kappa shape index (κ1) is 24.7. The quantitative estimate of drug-likeness (QED) is 0.404. The van der Waals surface area contributed by atoms with Gasteiger partial charge < -0.3 is 0 Å². The Bertz CT molecular complexity index is 373. The highest BCUT2D eigenvalue weighted by Gasteiger charge is 2.25. The van der Waals surface area contributed by atoms with Gasteiger partial charge in [-0.25, -0.2) is 0 Å². The molecular weight excluding hydrogens is 359 g/mol. The molecule has 0 amide bonds. The summed E-state index contributed by atoms with van der Waals surface area (Å²) in [5, 5.41) is 0. The summed E-state index contributed by atoms with van der Waals surface area (Å²) in [4.78, 5) is 0. The van der Waals surface area contributed by atoms with Crippen molar-refractivity contribution >= 4 is 7.28 Å². The first-order valence-corrected chi connectivity index (χ1v) is 14.8. The molecule has 0 nitrogen and oxygen atoms in total. The van der Waals surface area contributed by atoms with Gasteiger partial charge in [-0.2, -0.15) is 0 Å². The normalized spacial score (nSPS) is 31.1. The molecule has 0 aromatic carbocycles. The summed E-state index contributed by atoms with van der Waals surface area (Å²) in [5.41, 5.74) is 0. The Morgan fingerprint density at radius 1 is 0.267 bits per heavy atom. The third-order valence-electron chi connectivity index (χ3n) is 9.06. The van der Waals surface area contributed by atoms with Crippen LogP contribution in [0.2, 0.25) is 11.6 Å². The first-order valence-electron chi connectivity index (χ1n) is 14.8. The van der Waals surface area contributed by atoms with Crippen LogP contribution in [0.15, 0.2) is 0 Å². The van der Waals surface area contributed by atoms with Gasteiger partial charge in [-0.15, -0.1) is 0 Å². The van der Waals surface area contributed by atoms with Gasteiger partial charge in [0, 0.05) is 0 Å². The van der Waals surface area contributed by atoms with E-state index in [9.17, 15) is 0 Å². The van der Waals surface area contributed by atoms with Crippen molar-refractivity contribution in [2.24, 2.45) is 11.8 Å². The number of hydrogen-bond donors (Lipinski definition) is 0. The lowest BCUT2D eigenvalue weighted by Gasteiger charge is -2.32. The van der Waals surface area contributed by atoms with Crippen LogP contribution in [0, 0.1) is 11.8 Å². The molecule has 0 spiro atoms. The van der Waals surface area contributed by atoms with E-state index in [-0.39, 0.29) is 0 Å². The molecule has 1 heteroatoms. The Kier molecular flexibility index (Phi) is 13.0. The summed E-state index contributed by atoms with van der Waals surface area (Å²) >= 11 is 0. The predicted octanol–water partition coefficient (Wildman–Crippen LogP) is 10.3. The van der Waals surface area contributed by atoms with Crippen molar-refractivity contribution in [3.8, 4) is 0 Å². The van der Waals surface area contributed by atoms with Crippen molar-refractivity contribution in [3.63, 3.8) is 0 Å². The van der Waals surface area contributed by atoms with Crippen molar-refractivity contribution in [1.82, 2.24) is 0 Å². The molecule has 3 aliphatic carbocycles. The van der Waals surface area contributed by atoms with E-state index < -0.39 is 0 Å². The molecule has 0 saturated heterocycles. The minimum absolute atomic E-state index is 0.946. The third kappa shape index (κ3) is 10.1. The van der Waals surface area contributed by atoms with Crippen LogP contribution < -0.4 is 0 Å². The van der Waals surface area contributed by atoms with Gasteiger partial charge in [0.25, 0.3) is 0 Å². The van der Waals surface area contributed by atoms with E-state index in [0.29, 0.717) is 0 Å². The topological polar surface area (TPSA) is 0 Å². The average Bonchev–Trinajstić information content (AvgIpc) is 2.80. The Labute approximate surface area is 191 Å². The zero-order valence-corrected chi connectivity index (χ0v) is 20.6. The van der Waals surface area contributed by atoms with E-state index in [1.54, 1.807) is 25.7 Å². The summed E-state index contributed by atoms with van der Waals surface area (Å²) < 4.78 is 0. The molecule has 3 fully saturated rings. The molecule has 173 valence electrons. The van der Waals surface area contributed by atoms with Gasteiger partial charge in [0.2, 0.25) is 0 Å². The molecular formula is C29H54B. The molecule has 0 aromatic rings. The Balaban J connectivity index is 1.40. The highest BCUT2D eigenvalue weighted by molar-refractivity contribution is 6.39. The lowest BCUT2D eigenvalue weighted by molar-refractivity contribution is 0.225. The zero-order valence-electron chi connectivity index (χ0n) is 20.6. The van der Waals surface area contributed by atoms with Crippen molar-refractivity contribution in [1.29, 1.82) is 0 Å². The second-order valence-electron chi connectivity index (χ2n) is 11.6. The maximum Gasteiger partial charge on any atom is 0.117 e. The van der Waals surface area contributed by atoms with Crippen LogP contribution in [-0.2, 0) is 0 Å². The molecule has 0 bridgehead atoms. The maximum absolute atomic E-state index is 2.89. The summed E-state index contributed by atoms with van der Waals surface area (Å²) in [7, 11) is 2.89.